The molecule has 0 aromatic heterocycles. The molecule has 3 rings (SSSR count). The Kier molecular flexibility index (Phi) is 4.22. The fourth-order valence-corrected chi connectivity index (χ4v) is 2.94. The van der Waals surface area contributed by atoms with Crippen molar-refractivity contribution in [3.05, 3.63) is 60.2 Å². The van der Waals surface area contributed by atoms with Gasteiger partial charge >= 0.3 is 12.2 Å². The highest BCUT2D eigenvalue weighted by Crippen LogP contribution is 2.34. The number of hydrogen-bond acceptors (Lipinski definition) is 1. The number of urea groups is 1. The molecular formula is C18H17F3N2O. The molecule has 0 saturated carbocycles. The summed E-state index contributed by atoms with van der Waals surface area (Å²) in [5.41, 5.74) is 0.273. The van der Waals surface area contributed by atoms with E-state index in [-0.39, 0.29) is 17.8 Å². The molecule has 126 valence electrons. The summed E-state index contributed by atoms with van der Waals surface area (Å²) >= 11 is 0. The quantitative estimate of drug-likeness (QED) is 0.780. The van der Waals surface area contributed by atoms with Gasteiger partial charge in [-0.2, -0.15) is 13.2 Å². The van der Waals surface area contributed by atoms with E-state index in [2.05, 4.69) is 0 Å². The first kappa shape index (κ1) is 16.4. The summed E-state index contributed by atoms with van der Waals surface area (Å²) in [4.78, 5) is 15.9. The monoisotopic (exact) mass is 334 g/mol. The summed E-state index contributed by atoms with van der Waals surface area (Å²) < 4.78 is 38.8. The van der Waals surface area contributed by atoms with Crippen molar-refractivity contribution in [2.75, 3.05) is 16.3 Å². The predicted octanol–water partition coefficient (Wildman–Crippen LogP) is 4.93. The standard InChI is InChI=1S/C18H17F3N2O/c1-2-14-12-22(16-10-6-7-13(11-16)18(19,20)21)17(24)23(14)15-8-4-3-5-9-15/h3-11,14H,2,12H2,1H3. The SMILES string of the molecule is CCC1CN(c2cccc(C(F)(F)F)c2)C(=O)N1c1ccccc1. The molecule has 1 aliphatic rings. The molecule has 0 spiro atoms. The van der Waals surface area contributed by atoms with Gasteiger partial charge < -0.3 is 0 Å². The second-order valence-electron chi connectivity index (χ2n) is 5.71. The first-order valence-electron chi connectivity index (χ1n) is 7.75. The van der Waals surface area contributed by atoms with Gasteiger partial charge in [0, 0.05) is 17.9 Å². The third-order valence-corrected chi connectivity index (χ3v) is 4.19. The number of hydrogen-bond donors (Lipinski definition) is 0. The smallest absolute Gasteiger partial charge is 0.292 e. The van der Waals surface area contributed by atoms with E-state index in [4.69, 9.17) is 0 Å². The zero-order valence-corrected chi connectivity index (χ0v) is 13.1. The van der Waals surface area contributed by atoms with Crippen molar-refractivity contribution in [1.82, 2.24) is 0 Å². The number of para-hydroxylation sites is 1. The largest absolute Gasteiger partial charge is 0.416 e. The second-order valence-corrected chi connectivity index (χ2v) is 5.71. The molecule has 2 aromatic carbocycles. The third kappa shape index (κ3) is 2.96. The maximum atomic E-state index is 12.9. The Morgan fingerprint density at radius 2 is 1.71 bits per heavy atom. The summed E-state index contributed by atoms with van der Waals surface area (Å²) in [5, 5.41) is 0. The van der Waals surface area contributed by atoms with Crippen LogP contribution in [0.15, 0.2) is 54.6 Å². The normalized spacial score (nSPS) is 18.3. The maximum Gasteiger partial charge on any atom is 0.416 e. The van der Waals surface area contributed by atoms with Crippen molar-refractivity contribution < 1.29 is 18.0 Å². The molecule has 2 amide bonds. The molecule has 0 N–H and O–H groups in total. The molecular weight excluding hydrogens is 317 g/mol. The lowest BCUT2D eigenvalue weighted by Crippen LogP contribution is -2.34. The van der Waals surface area contributed by atoms with Crippen molar-refractivity contribution in [1.29, 1.82) is 0 Å². The Labute approximate surface area is 138 Å². The number of halogens is 3. The van der Waals surface area contributed by atoms with Gasteiger partial charge in [0.25, 0.3) is 0 Å². The zero-order chi connectivity index (χ0) is 17.3. The van der Waals surface area contributed by atoms with Crippen LogP contribution in [0.4, 0.5) is 29.3 Å². The Balaban J connectivity index is 1.95. The van der Waals surface area contributed by atoms with Crippen LogP contribution < -0.4 is 9.80 Å². The van der Waals surface area contributed by atoms with E-state index in [0.29, 0.717) is 6.54 Å². The van der Waals surface area contributed by atoms with Crippen molar-refractivity contribution >= 4 is 17.4 Å². The summed E-state index contributed by atoms with van der Waals surface area (Å²) in [6.45, 7) is 2.33. The van der Waals surface area contributed by atoms with Crippen LogP contribution in [-0.2, 0) is 6.18 Å². The highest BCUT2D eigenvalue weighted by molar-refractivity contribution is 6.06. The van der Waals surface area contributed by atoms with E-state index in [9.17, 15) is 18.0 Å². The molecule has 1 atom stereocenters. The van der Waals surface area contributed by atoms with Crippen LogP contribution in [0.1, 0.15) is 18.9 Å². The molecule has 1 fully saturated rings. The number of benzene rings is 2. The summed E-state index contributed by atoms with van der Waals surface area (Å²) in [5.74, 6) is 0. The zero-order valence-electron chi connectivity index (χ0n) is 13.1. The van der Waals surface area contributed by atoms with Crippen LogP contribution in [0.25, 0.3) is 0 Å². The van der Waals surface area contributed by atoms with Crippen LogP contribution in [0, 0.1) is 0 Å². The fraction of sp³-hybridized carbons (Fsp3) is 0.278. The third-order valence-electron chi connectivity index (χ3n) is 4.19. The maximum absolute atomic E-state index is 12.9. The first-order valence-corrected chi connectivity index (χ1v) is 7.75. The molecule has 1 saturated heterocycles. The Bertz CT molecular complexity index is 731. The lowest BCUT2D eigenvalue weighted by atomic mass is 10.1. The Morgan fingerprint density at radius 3 is 2.33 bits per heavy atom. The Hall–Kier alpha value is -2.50. The number of nitrogens with zero attached hydrogens (tertiary/aromatic N) is 2. The van der Waals surface area contributed by atoms with Gasteiger partial charge in [-0.15, -0.1) is 0 Å². The second kappa shape index (κ2) is 6.19. The van der Waals surface area contributed by atoms with Gasteiger partial charge in [-0.25, -0.2) is 4.79 Å². The molecule has 1 unspecified atom stereocenters. The van der Waals surface area contributed by atoms with Gasteiger partial charge in [-0.3, -0.25) is 9.80 Å². The molecule has 2 aromatic rings. The van der Waals surface area contributed by atoms with E-state index in [0.717, 1.165) is 24.2 Å². The van der Waals surface area contributed by atoms with Gasteiger partial charge in [0.2, 0.25) is 0 Å². The van der Waals surface area contributed by atoms with Crippen molar-refractivity contribution in [3.8, 4) is 0 Å². The van der Waals surface area contributed by atoms with Crippen molar-refractivity contribution in [2.24, 2.45) is 0 Å². The molecule has 0 aliphatic carbocycles. The summed E-state index contributed by atoms with van der Waals surface area (Å²) in [7, 11) is 0. The van der Waals surface area contributed by atoms with Gasteiger partial charge in [-0.1, -0.05) is 31.2 Å². The topological polar surface area (TPSA) is 23.6 Å². The average molecular weight is 334 g/mol. The molecule has 6 heteroatoms. The highest BCUT2D eigenvalue weighted by Gasteiger charge is 2.39. The van der Waals surface area contributed by atoms with Gasteiger partial charge in [0.05, 0.1) is 11.6 Å². The molecule has 1 aliphatic heterocycles. The number of anilines is 2. The van der Waals surface area contributed by atoms with Crippen LogP contribution in [-0.4, -0.2) is 18.6 Å². The van der Waals surface area contributed by atoms with E-state index in [1.165, 1.54) is 17.0 Å². The molecule has 24 heavy (non-hydrogen) atoms. The van der Waals surface area contributed by atoms with Gasteiger partial charge in [0.1, 0.15) is 0 Å². The molecule has 0 bridgehead atoms. The molecule has 1 heterocycles. The van der Waals surface area contributed by atoms with E-state index < -0.39 is 11.7 Å². The minimum Gasteiger partial charge on any atom is -0.292 e. The highest BCUT2D eigenvalue weighted by atomic mass is 19.4. The van der Waals surface area contributed by atoms with E-state index >= 15 is 0 Å². The fourth-order valence-electron chi connectivity index (χ4n) is 2.94. The number of rotatable bonds is 3. The van der Waals surface area contributed by atoms with E-state index in [1.54, 1.807) is 4.90 Å². The molecule has 0 radical (unpaired) electrons. The number of carbonyl (C=O) groups excluding carboxylic acids is 1. The average Bonchev–Trinajstić information content (AvgIpc) is 2.91. The Morgan fingerprint density at radius 1 is 1.04 bits per heavy atom. The lowest BCUT2D eigenvalue weighted by molar-refractivity contribution is -0.137. The van der Waals surface area contributed by atoms with Crippen molar-refractivity contribution in [2.45, 2.75) is 25.6 Å². The predicted molar refractivity (Wildman–Crippen MR) is 87.2 cm³/mol. The van der Waals surface area contributed by atoms with E-state index in [1.807, 2.05) is 37.3 Å². The van der Waals surface area contributed by atoms with Crippen LogP contribution in [0.2, 0.25) is 0 Å². The van der Waals surface area contributed by atoms with Crippen molar-refractivity contribution in [3.63, 3.8) is 0 Å². The summed E-state index contributed by atoms with van der Waals surface area (Å²) in [6.07, 6.45) is -3.71. The van der Waals surface area contributed by atoms with Gasteiger partial charge in [0.15, 0.2) is 0 Å². The number of carbonyl (C=O) groups is 1. The minimum atomic E-state index is -4.43. The number of alkyl halides is 3. The first-order chi connectivity index (χ1) is 11.4. The van der Waals surface area contributed by atoms with Crippen LogP contribution in [0.5, 0.6) is 0 Å². The molecule has 3 nitrogen and oxygen atoms in total. The van der Waals surface area contributed by atoms with Gasteiger partial charge in [-0.05, 0) is 36.8 Å². The van der Waals surface area contributed by atoms with Crippen LogP contribution >= 0.6 is 0 Å². The summed E-state index contributed by atoms with van der Waals surface area (Å²) in [6, 6.07) is 13.7. The van der Waals surface area contributed by atoms with Crippen LogP contribution in [0.3, 0.4) is 0 Å². The lowest BCUT2D eigenvalue weighted by Gasteiger charge is -2.22. The number of amides is 2. The minimum absolute atomic E-state index is 0.0746.